The molecule has 0 aliphatic heterocycles. The number of carbonyl (C=O) groups excluding carboxylic acids is 2. The zero-order chi connectivity index (χ0) is 86.2. The van der Waals surface area contributed by atoms with Gasteiger partial charge in [0.1, 0.15) is 45.7 Å². The first-order chi connectivity index (χ1) is 61.9. The van der Waals surface area contributed by atoms with Crippen LogP contribution in [0.2, 0.25) is 0 Å². The monoisotopic (exact) mass is 1690 g/mol. The molecule has 0 saturated carbocycles. The predicted octanol–water partition coefficient (Wildman–Crippen LogP) is 11.1. The lowest BCUT2D eigenvalue weighted by Gasteiger charge is -2.37. The number of hydrogen-bond donors (Lipinski definition) is 10. The van der Waals surface area contributed by atoms with Gasteiger partial charge in [0.15, 0.2) is 11.1 Å². The van der Waals surface area contributed by atoms with Crippen LogP contribution in [-0.4, -0.2) is 114 Å². The largest absolute Gasteiger partial charge is 0.481 e. The Morgan fingerprint density at radius 3 is 1.10 bits per heavy atom. The molecule has 0 aliphatic rings. The Hall–Kier alpha value is -17.4. The zero-order valence-corrected chi connectivity index (χ0v) is 64.3. The summed E-state index contributed by atoms with van der Waals surface area (Å²) in [5.41, 5.74) is 24.5. The van der Waals surface area contributed by atoms with Crippen molar-refractivity contribution in [3.63, 3.8) is 0 Å². The summed E-state index contributed by atoms with van der Waals surface area (Å²) < 4.78 is 22.8. The second kappa shape index (κ2) is 19.9. The fourth-order valence-electron chi connectivity index (χ4n) is 25.2. The number of fused-ring (bicyclic) bond motifs is 8. The van der Waals surface area contributed by atoms with Gasteiger partial charge in [-0.05, 0) is 70.1 Å². The minimum Gasteiger partial charge on any atom is -0.481 e. The van der Waals surface area contributed by atoms with Gasteiger partial charge in [-0.25, -0.2) is 29.5 Å². The number of pyridine rings is 12. The van der Waals surface area contributed by atoms with Crippen molar-refractivity contribution in [1.29, 1.82) is 0 Å². The highest BCUT2D eigenvalue weighted by molar-refractivity contribution is 6.58. The minimum absolute atomic E-state index is 0.00795. The molecular formula is C92H40N16O20. The van der Waals surface area contributed by atoms with Crippen molar-refractivity contribution < 1.29 is 78.2 Å². The number of aromatic nitrogens is 12. The van der Waals surface area contributed by atoms with Gasteiger partial charge >= 0.3 is 35.7 Å². The van der Waals surface area contributed by atoms with Gasteiger partial charge in [0.05, 0.1) is 134 Å². The first kappa shape index (κ1) is 67.2. The van der Waals surface area contributed by atoms with Crippen LogP contribution in [-0.2, 0) is 80.7 Å². The van der Waals surface area contributed by atoms with E-state index in [1.54, 1.807) is 84.9 Å². The highest BCUT2D eigenvalue weighted by Gasteiger charge is 2.52. The molecule has 0 spiro atoms. The average Bonchev–Trinajstić information content (AvgIpc) is 0.609. The third-order valence-electron chi connectivity index (χ3n) is 28.9. The maximum absolute atomic E-state index is 17.9. The fraction of sp³-hybridized carbons (Fsp3) is 0.0652. The third kappa shape index (κ3) is 6.30. The second-order valence-electron chi connectivity index (χ2n) is 34.1. The second-order valence-corrected chi connectivity index (χ2v) is 34.1. The van der Waals surface area contributed by atoms with Crippen molar-refractivity contribution in [1.82, 2.24) is 56.3 Å². The van der Waals surface area contributed by atoms with E-state index in [1.165, 1.54) is 8.80 Å². The molecule has 608 valence electrons. The van der Waals surface area contributed by atoms with E-state index < -0.39 is 104 Å². The van der Waals surface area contributed by atoms with E-state index >= 15 is 19.2 Å². The summed E-state index contributed by atoms with van der Waals surface area (Å²) in [4.78, 5) is 201. The van der Waals surface area contributed by atoms with Crippen LogP contribution in [0.3, 0.4) is 0 Å². The Labute approximate surface area is 695 Å². The predicted molar refractivity (Wildman–Crippen MR) is 470 cm³/mol. The van der Waals surface area contributed by atoms with E-state index in [0.29, 0.717) is 180 Å². The number of carboxylic acids is 4. The van der Waals surface area contributed by atoms with E-state index in [0.717, 1.165) is 12.5 Å². The smallest absolute Gasteiger partial charge is 0.343 e. The summed E-state index contributed by atoms with van der Waals surface area (Å²) >= 11 is 0. The normalized spacial score (nSPS) is 15.6. The molecule has 36 heteroatoms. The lowest BCUT2D eigenvalue weighted by Crippen LogP contribution is -2.50. The number of aliphatic carboxylic acids is 4. The molecule has 17 aromatic heterocycles. The molecule has 0 aliphatic carbocycles. The fourth-order valence-corrected chi connectivity index (χ4v) is 25.2. The van der Waals surface area contributed by atoms with Crippen molar-refractivity contribution in [2.75, 3.05) is 0 Å². The minimum atomic E-state index is -3.11. The number of ether oxygens (including phenoxy) is 2. The zero-order valence-electron chi connectivity index (χ0n) is 64.3. The molecule has 14 aromatic carbocycles. The van der Waals surface area contributed by atoms with Crippen LogP contribution < -0.4 is 45.2 Å². The highest BCUT2D eigenvalue weighted by atomic mass is 17.2. The summed E-state index contributed by atoms with van der Waals surface area (Å²) in [5.74, 6) is -13.0. The third-order valence-corrected chi connectivity index (χ3v) is 28.9. The van der Waals surface area contributed by atoms with Crippen LogP contribution in [0.1, 0.15) is 35.1 Å². The molecule has 0 amide bonds. The summed E-state index contributed by atoms with van der Waals surface area (Å²) in [6.45, 7) is 7.34. The number of rotatable bonds is 20. The number of benzene rings is 14. The van der Waals surface area contributed by atoms with Crippen LogP contribution in [0.25, 0.3) is 294 Å². The molecule has 4 atom stereocenters. The van der Waals surface area contributed by atoms with Gasteiger partial charge < -0.3 is 78.7 Å². The van der Waals surface area contributed by atoms with E-state index in [9.17, 15) is 49.2 Å². The van der Waals surface area contributed by atoms with Crippen LogP contribution in [0.15, 0.2) is 130 Å². The van der Waals surface area contributed by atoms with Crippen molar-refractivity contribution in [2.24, 2.45) is 22.9 Å². The van der Waals surface area contributed by atoms with Gasteiger partial charge in [0, 0.05) is 140 Å². The number of aromatic amines is 2. The molecule has 0 saturated heterocycles. The van der Waals surface area contributed by atoms with E-state index in [2.05, 4.69) is 36.3 Å². The summed E-state index contributed by atoms with van der Waals surface area (Å²) in [5, 5.41) is 54.3. The van der Waals surface area contributed by atoms with Crippen LogP contribution in [0, 0.1) is 0 Å². The van der Waals surface area contributed by atoms with Crippen molar-refractivity contribution in [3.05, 3.63) is 174 Å². The molecular weight excluding hydrogens is 1650 g/mol. The molecule has 31 rings (SSSR count). The molecule has 31 aromatic rings. The Morgan fingerprint density at radius 1 is 0.352 bits per heavy atom. The number of hydrogen-bond acceptors (Lipinski definition) is 24. The Bertz CT molecular complexity index is 11100. The number of nitrogens with zero attached hydrogens (tertiary/aromatic N) is 10. The van der Waals surface area contributed by atoms with Gasteiger partial charge in [0.25, 0.3) is 35.2 Å². The first-order valence-electron chi connectivity index (χ1n) is 39.9. The Morgan fingerprint density at radius 2 is 0.688 bits per heavy atom. The van der Waals surface area contributed by atoms with Crippen LogP contribution >= 0.6 is 0 Å². The highest BCUT2D eigenvalue weighted by Crippen LogP contribution is 2.65. The van der Waals surface area contributed by atoms with E-state index in [1.807, 2.05) is 4.40 Å². The number of carboxylic acid groups (broad SMARTS) is 4. The van der Waals surface area contributed by atoms with Crippen molar-refractivity contribution in [3.8, 4) is 0 Å². The van der Waals surface area contributed by atoms with Gasteiger partial charge in [0.2, 0.25) is 0 Å². The number of carbonyl (C=O) groups is 6. The molecule has 0 radical (unpaired) electrons. The van der Waals surface area contributed by atoms with Gasteiger partial charge in [-0.2, -0.15) is 0 Å². The SMILES string of the molecule is C=COOC(N)(OC=O)c1c(=O)[nH]c2ccc3nc4c5nc6cccc7c8c(C(N)(CC(=O)O)C(=O)O)c(=O)n9c%10ccc%11c%12c(C(N)(CC(=O)O)C(=O)O)c(=O)[nH]c%13ccc%14nc%15c%16nc%17cccc%18c%19c(C(N)(OC=O)OOC=C)c(=O)n%20c%21ccc%22c1c2c3c1c%22c%21n2c(c41)c1c5c(c67)c3c8c9c4c5c3n1c1c3c(c(c%17%18)c%16c(c6c%15c(c%14c%13%12)c%11c%10n64)n35)c%19c%20c12. The number of H-pyrrole nitrogens is 2. The van der Waals surface area contributed by atoms with Crippen molar-refractivity contribution >= 4 is 331 Å². The first-order valence-corrected chi connectivity index (χ1v) is 39.9. The van der Waals surface area contributed by atoms with Crippen LogP contribution in [0.4, 0.5) is 0 Å². The summed E-state index contributed by atoms with van der Waals surface area (Å²) in [6.07, 6.45) is -0.915. The molecule has 128 heavy (non-hydrogen) atoms. The molecule has 36 nitrogen and oxygen atoms in total. The molecule has 14 N–H and O–H groups in total. The van der Waals surface area contributed by atoms with E-state index in [-0.39, 0.29) is 127 Å². The standard InChI is InChI=1S/C92H40N16O20/c1-3-125-127-91(95,123-21-109)62-40-26-12-18-34-70-44(26)52-48-30(14-16-32(46(40)48)102-84(62)116)100-68-60(52)76-77-57-49-37-23(7-5-9-27(37)97-65(57)68)41-53-55(49)73-81-79-71(53)103(85(117)63(41)90(94,88(121)122)20-36(113)114)33-17-11-25-39-45-31(101-83(115)61(39)89(93,87(119)120)19-35(111)112)15-13-29-47(45)51-43(25)69(33)105(79)75-59(51)67(99-29)66-58-50-38-24(8-6-10-28(38)98-66)42-54-56(50)74(108(81)78(58)75)82(107(73)77)80(106(70)76)72(54)104(34)86(118)64(42)92(96,124-22-110)128-126-4-2/h3-18,21-22H,1-2,19-20,93-96H2,(H,101,115)(H,102,116)(H,111,112)(H,113,114)(H,119,120)(H,121,122). The summed E-state index contributed by atoms with van der Waals surface area (Å²) in [7, 11) is 0. The lowest BCUT2D eigenvalue weighted by molar-refractivity contribution is -0.397. The Balaban J connectivity index is 0.984. The molecule has 17 heterocycles. The lowest BCUT2D eigenvalue weighted by atomic mass is 9.78. The molecule has 0 fully saturated rings. The average molecular weight is 1690 g/mol. The topological polar surface area (TPSA) is 521 Å². The summed E-state index contributed by atoms with van der Waals surface area (Å²) in [6, 6.07) is 23.7. The quantitative estimate of drug-likeness (QED) is 0.00644. The Kier molecular flexibility index (Phi) is 10.5. The molecule has 0 bridgehead atoms. The molecule has 4 unspecified atom stereocenters. The number of nitrogens with one attached hydrogen (secondary N) is 2. The van der Waals surface area contributed by atoms with Gasteiger partial charge in [-0.15, -0.1) is 9.78 Å². The van der Waals surface area contributed by atoms with Crippen molar-refractivity contribution in [2.45, 2.75) is 35.7 Å². The number of nitrogens with two attached hydrogens (primary N) is 4. The van der Waals surface area contributed by atoms with Gasteiger partial charge in [-0.1, -0.05) is 49.6 Å². The maximum atomic E-state index is 17.9. The van der Waals surface area contributed by atoms with Crippen LogP contribution in [0.5, 0.6) is 0 Å². The maximum Gasteiger partial charge on any atom is 0.343 e. The van der Waals surface area contributed by atoms with E-state index in [4.69, 9.17) is 71.9 Å². The van der Waals surface area contributed by atoms with Gasteiger partial charge in [-0.3, -0.25) is 58.6 Å².